The number of sulfonamides is 1. The number of aryl methyl sites for hydroxylation is 1. The van der Waals surface area contributed by atoms with Crippen LogP contribution in [0.4, 0.5) is 11.4 Å². The molecule has 1 aliphatic heterocycles. The summed E-state index contributed by atoms with van der Waals surface area (Å²) in [7, 11) is -3.81. The van der Waals surface area contributed by atoms with Gasteiger partial charge in [0, 0.05) is 30.9 Å². The van der Waals surface area contributed by atoms with Crippen LogP contribution in [0.5, 0.6) is 0 Å². The Bertz CT molecular complexity index is 927. The van der Waals surface area contributed by atoms with Gasteiger partial charge in [-0.1, -0.05) is 23.7 Å². The molecule has 2 aromatic carbocycles. The normalized spacial score (nSPS) is 13.8. The maximum absolute atomic E-state index is 12.6. The average molecular weight is 394 g/mol. The van der Waals surface area contributed by atoms with E-state index in [0.717, 1.165) is 23.4 Å². The third-order valence-electron chi connectivity index (χ3n) is 4.14. The van der Waals surface area contributed by atoms with E-state index in [0.29, 0.717) is 18.5 Å². The smallest absolute Gasteiger partial charge is 0.242 e. The van der Waals surface area contributed by atoms with Gasteiger partial charge in [0.2, 0.25) is 15.9 Å². The lowest BCUT2D eigenvalue weighted by atomic mass is 10.0. The number of anilines is 2. The molecule has 3 rings (SSSR count). The molecule has 0 radical (unpaired) electrons. The summed E-state index contributed by atoms with van der Waals surface area (Å²) >= 11 is 6.18. The Morgan fingerprint density at radius 3 is 2.58 bits per heavy atom. The zero-order chi connectivity index (χ0) is 18.7. The van der Waals surface area contributed by atoms with Gasteiger partial charge in [0.25, 0.3) is 0 Å². The van der Waals surface area contributed by atoms with Gasteiger partial charge in [-0.2, -0.15) is 0 Å². The SMILES string of the molecule is CCNc1ccc(CNS(=O)(=O)c2cc3c(cc2Cl)CCC(=O)N3)cc1. The van der Waals surface area contributed by atoms with Crippen molar-refractivity contribution in [2.24, 2.45) is 0 Å². The van der Waals surface area contributed by atoms with Gasteiger partial charge in [0.1, 0.15) is 4.90 Å². The highest BCUT2D eigenvalue weighted by Gasteiger charge is 2.23. The number of fused-ring (bicyclic) bond motifs is 1. The van der Waals surface area contributed by atoms with Gasteiger partial charge in [-0.15, -0.1) is 0 Å². The molecule has 0 fully saturated rings. The van der Waals surface area contributed by atoms with Gasteiger partial charge in [-0.3, -0.25) is 4.79 Å². The second-order valence-electron chi connectivity index (χ2n) is 6.04. The van der Waals surface area contributed by atoms with E-state index in [1.54, 1.807) is 6.07 Å². The fraction of sp³-hybridized carbons (Fsp3) is 0.278. The molecule has 0 aliphatic carbocycles. The molecule has 2 aromatic rings. The second kappa shape index (κ2) is 7.65. The predicted octanol–water partition coefficient (Wildman–Crippen LogP) is 3.14. The van der Waals surface area contributed by atoms with Crippen LogP contribution in [0.25, 0.3) is 0 Å². The van der Waals surface area contributed by atoms with Gasteiger partial charge in [-0.25, -0.2) is 13.1 Å². The Hall–Kier alpha value is -2.09. The van der Waals surface area contributed by atoms with Crippen LogP contribution >= 0.6 is 11.6 Å². The minimum atomic E-state index is -3.81. The number of nitrogens with one attached hydrogen (secondary N) is 3. The van der Waals surface area contributed by atoms with E-state index >= 15 is 0 Å². The quantitative estimate of drug-likeness (QED) is 0.703. The van der Waals surface area contributed by atoms with Crippen molar-refractivity contribution in [3.63, 3.8) is 0 Å². The van der Waals surface area contributed by atoms with E-state index in [1.807, 2.05) is 31.2 Å². The van der Waals surface area contributed by atoms with Crippen molar-refractivity contribution >= 4 is 38.9 Å². The highest BCUT2D eigenvalue weighted by Crippen LogP contribution is 2.31. The number of carbonyl (C=O) groups excluding carboxylic acids is 1. The average Bonchev–Trinajstić information content (AvgIpc) is 2.61. The first-order valence-corrected chi connectivity index (χ1v) is 10.2. The van der Waals surface area contributed by atoms with Gasteiger partial charge >= 0.3 is 0 Å². The van der Waals surface area contributed by atoms with Gasteiger partial charge in [-0.05, 0) is 48.7 Å². The third kappa shape index (κ3) is 4.17. The topological polar surface area (TPSA) is 87.3 Å². The van der Waals surface area contributed by atoms with Crippen LogP contribution in [-0.2, 0) is 27.8 Å². The maximum Gasteiger partial charge on any atom is 0.242 e. The van der Waals surface area contributed by atoms with Crippen LogP contribution in [0, 0.1) is 0 Å². The number of carbonyl (C=O) groups is 1. The van der Waals surface area contributed by atoms with Crippen molar-refractivity contribution in [1.29, 1.82) is 0 Å². The van der Waals surface area contributed by atoms with Crippen LogP contribution < -0.4 is 15.4 Å². The summed E-state index contributed by atoms with van der Waals surface area (Å²) in [4.78, 5) is 11.5. The third-order valence-corrected chi connectivity index (χ3v) is 6.01. The van der Waals surface area contributed by atoms with Crippen molar-refractivity contribution in [2.75, 3.05) is 17.2 Å². The van der Waals surface area contributed by atoms with Gasteiger partial charge in [0.05, 0.1) is 5.02 Å². The summed E-state index contributed by atoms with van der Waals surface area (Å²) in [6.45, 7) is 2.97. The van der Waals surface area contributed by atoms with Crippen molar-refractivity contribution in [1.82, 2.24) is 4.72 Å². The van der Waals surface area contributed by atoms with Crippen LogP contribution in [0.3, 0.4) is 0 Å². The van der Waals surface area contributed by atoms with Crippen LogP contribution in [0.2, 0.25) is 5.02 Å². The first kappa shape index (κ1) is 18.7. The van der Waals surface area contributed by atoms with E-state index in [9.17, 15) is 13.2 Å². The van der Waals surface area contributed by atoms with E-state index in [4.69, 9.17) is 11.6 Å². The Kier molecular flexibility index (Phi) is 5.50. The number of hydrogen-bond acceptors (Lipinski definition) is 4. The molecule has 138 valence electrons. The Morgan fingerprint density at radius 1 is 1.15 bits per heavy atom. The molecular weight excluding hydrogens is 374 g/mol. The molecule has 8 heteroatoms. The lowest BCUT2D eigenvalue weighted by molar-refractivity contribution is -0.116. The second-order valence-corrected chi connectivity index (χ2v) is 8.18. The molecule has 0 bridgehead atoms. The fourth-order valence-electron chi connectivity index (χ4n) is 2.79. The zero-order valence-electron chi connectivity index (χ0n) is 14.3. The van der Waals surface area contributed by atoms with E-state index in [-0.39, 0.29) is 22.4 Å². The summed E-state index contributed by atoms with van der Waals surface area (Å²) in [5.41, 5.74) is 3.15. The van der Waals surface area contributed by atoms with E-state index < -0.39 is 10.0 Å². The van der Waals surface area contributed by atoms with Crippen molar-refractivity contribution in [2.45, 2.75) is 31.2 Å². The number of hydrogen-bond donors (Lipinski definition) is 3. The summed E-state index contributed by atoms with van der Waals surface area (Å²) < 4.78 is 27.8. The Labute approximate surface area is 158 Å². The molecule has 6 nitrogen and oxygen atoms in total. The maximum atomic E-state index is 12.6. The van der Waals surface area contributed by atoms with Crippen LogP contribution in [0.1, 0.15) is 24.5 Å². The highest BCUT2D eigenvalue weighted by molar-refractivity contribution is 7.89. The highest BCUT2D eigenvalue weighted by atomic mass is 35.5. The molecule has 1 aliphatic rings. The van der Waals surface area contributed by atoms with Crippen molar-refractivity contribution in [3.05, 3.63) is 52.5 Å². The van der Waals surface area contributed by atoms with E-state index in [2.05, 4.69) is 15.4 Å². The predicted molar refractivity (Wildman–Crippen MR) is 103 cm³/mol. The minimum absolute atomic E-state index is 0.0376. The number of rotatable bonds is 6. The molecule has 26 heavy (non-hydrogen) atoms. The zero-order valence-corrected chi connectivity index (χ0v) is 15.9. The molecule has 0 unspecified atom stereocenters. The Morgan fingerprint density at radius 2 is 1.88 bits per heavy atom. The Balaban J connectivity index is 1.77. The summed E-state index contributed by atoms with van der Waals surface area (Å²) in [6, 6.07) is 10.5. The lowest BCUT2D eigenvalue weighted by Gasteiger charge is -2.19. The summed E-state index contributed by atoms with van der Waals surface area (Å²) in [5, 5.41) is 6.03. The summed E-state index contributed by atoms with van der Waals surface area (Å²) in [5.74, 6) is -0.128. The van der Waals surface area contributed by atoms with E-state index in [1.165, 1.54) is 6.07 Å². The molecule has 0 atom stereocenters. The van der Waals surface area contributed by atoms with Crippen LogP contribution in [0.15, 0.2) is 41.3 Å². The first-order chi connectivity index (χ1) is 12.4. The number of amides is 1. The first-order valence-electron chi connectivity index (χ1n) is 8.34. The molecule has 0 saturated carbocycles. The molecule has 3 N–H and O–H groups in total. The molecule has 0 saturated heterocycles. The molecule has 1 amide bonds. The molecular formula is C18H20ClN3O3S. The van der Waals surface area contributed by atoms with Crippen LogP contribution in [-0.4, -0.2) is 20.9 Å². The molecule has 0 spiro atoms. The molecule has 1 heterocycles. The van der Waals surface area contributed by atoms with Gasteiger partial charge < -0.3 is 10.6 Å². The van der Waals surface area contributed by atoms with Crippen molar-refractivity contribution < 1.29 is 13.2 Å². The molecule has 0 aromatic heterocycles. The standard InChI is InChI=1S/C18H20ClN3O3S/c1-2-20-14-6-3-12(4-7-14)11-21-26(24,25)17-10-16-13(9-15(17)19)5-8-18(23)22-16/h3-4,6-7,9-10,20-21H,2,5,8,11H2,1H3,(H,22,23). The van der Waals surface area contributed by atoms with Crippen molar-refractivity contribution in [3.8, 4) is 0 Å². The summed E-state index contributed by atoms with van der Waals surface area (Å²) in [6.07, 6.45) is 0.920. The lowest BCUT2D eigenvalue weighted by Crippen LogP contribution is -2.25. The minimum Gasteiger partial charge on any atom is -0.385 e. The largest absolute Gasteiger partial charge is 0.385 e. The number of benzene rings is 2. The monoisotopic (exact) mass is 393 g/mol. The number of halogens is 1. The fourth-order valence-corrected chi connectivity index (χ4v) is 4.38. The van der Waals surface area contributed by atoms with Gasteiger partial charge in [0.15, 0.2) is 0 Å².